The Labute approximate surface area is 172 Å². The molecule has 0 aliphatic heterocycles. The van der Waals surface area contributed by atoms with Gasteiger partial charge in [-0.15, -0.1) is 11.8 Å². The molecule has 0 heterocycles. The number of carbonyl (C=O) groups is 1. The Morgan fingerprint density at radius 2 is 1.83 bits per heavy atom. The van der Waals surface area contributed by atoms with Gasteiger partial charge in [-0.3, -0.25) is 4.79 Å². The number of benzene rings is 2. The van der Waals surface area contributed by atoms with Crippen molar-refractivity contribution in [1.82, 2.24) is 0 Å². The summed E-state index contributed by atoms with van der Waals surface area (Å²) in [6, 6.07) is 12.0. The number of nitriles is 1. The molecule has 2 rings (SSSR count). The van der Waals surface area contributed by atoms with Crippen LogP contribution < -0.4 is 5.32 Å². The van der Waals surface area contributed by atoms with Crippen molar-refractivity contribution in [2.45, 2.75) is 44.4 Å². The Morgan fingerprint density at radius 1 is 1.21 bits per heavy atom. The topological polar surface area (TPSA) is 73.1 Å². The first-order valence-electron chi connectivity index (χ1n) is 9.06. The third-order valence-corrected chi connectivity index (χ3v) is 4.84. The van der Waals surface area contributed by atoms with Crippen molar-refractivity contribution in [2.24, 2.45) is 0 Å². The summed E-state index contributed by atoms with van der Waals surface area (Å²) in [5, 5.41) is 21.0. The number of hydrogen-bond donors (Lipinski definition) is 2. The number of halogens is 3. The first-order valence-corrected chi connectivity index (χ1v) is 10.0. The molecular formula is C21H23F3N2O2S. The molecule has 0 aliphatic rings. The number of aryl methyl sites for hydroxylation is 1. The van der Waals surface area contributed by atoms with Crippen molar-refractivity contribution >= 4 is 23.4 Å². The number of aliphatic hydroxyl groups excluding tert-OH is 1. The maximum Gasteiger partial charge on any atom is 0.417 e. The summed E-state index contributed by atoms with van der Waals surface area (Å²) in [6.07, 6.45) is -5.21. The van der Waals surface area contributed by atoms with Gasteiger partial charge in [-0.2, -0.15) is 18.4 Å². The molecule has 0 aromatic heterocycles. The van der Waals surface area contributed by atoms with Crippen LogP contribution in [0.25, 0.3) is 0 Å². The van der Waals surface area contributed by atoms with Gasteiger partial charge in [-0.1, -0.05) is 32.9 Å². The van der Waals surface area contributed by atoms with Crippen molar-refractivity contribution in [3.8, 4) is 6.07 Å². The molecule has 2 aromatic carbocycles. The highest BCUT2D eigenvalue weighted by molar-refractivity contribution is 7.99. The molecule has 156 valence electrons. The quantitative estimate of drug-likeness (QED) is 0.621. The summed E-state index contributed by atoms with van der Waals surface area (Å²) < 4.78 is 38.9. The molecule has 0 bridgehead atoms. The van der Waals surface area contributed by atoms with Crippen LogP contribution >= 0.6 is 11.8 Å². The standard InChI is InChI=1S/C19H17F3N2O2S.C2H6/c1-2-12-3-7-15(8-4-12)27-11-17(25)18(26)24-14-6-5-13(10-23)16(9-14)19(20,21)22;1-2/h3-9,17,25H,2,11H2,1H3,(H,24,26);1-2H3. The van der Waals surface area contributed by atoms with Gasteiger partial charge >= 0.3 is 6.18 Å². The van der Waals surface area contributed by atoms with E-state index in [1.165, 1.54) is 29.5 Å². The van der Waals surface area contributed by atoms with Gasteiger partial charge in [-0.05, 0) is 42.3 Å². The third-order valence-electron chi connectivity index (χ3n) is 3.76. The molecular weight excluding hydrogens is 401 g/mol. The number of thioether (sulfide) groups is 1. The zero-order valence-electron chi connectivity index (χ0n) is 16.4. The zero-order chi connectivity index (χ0) is 22.0. The number of aliphatic hydroxyl groups is 1. The molecule has 0 fully saturated rings. The maximum absolute atomic E-state index is 13.0. The number of rotatable bonds is 6. The Morgan fingerprint density at radius 3 is 2.34 bits per heavy atom. The molecule has 4 nitrogen and oxygen atoms in total. The number of carbonyl (C=O) groups excluding carboxylic acids is 1. The minimum Gasteiger partial charge on any atom is -0.382 e. The third kappa shape index (κ3) is 7.44. The van der Waals surface area contributed by atoms with Gasteiger partial charge < -0.3 is 10.4 Å². The van der Waals surface area contributed by atoms with Gasteiger partial charge in [0.2, 0.25) is 0 Å². The van der Waals surface area contributed by atoms with Crippen molar-refractivity contribution in [3.05, 3.63) is 59.2 Å². The normalized spacial score (nSPS) is 11.7. The number of anilines is 1. The van der Waals surface area contributed by atoms with Gasteiger partial charge in [0.25, 0.3) is 5.91 Å². The Hall–Kier alpha value is -2.50. The minimum absolute atomic E-state index is 0.0553. The van der Waals surface area contributed by atoms with Crippen molar-refractivity contribution < 1.29 is 23.1 Å². The van der Waals surface area contributed by atoms with E-state index in [1.807, 2.05) is 45.0 Å². The van der Waals surface area contributed by atoms with E-state index in [-0.39, 0.29) is 11.4 Å². The monoisotopic (exact) mass is 424 g/mol. The van der Waals surface area contributed by atoms with Crippen LogP contribution in [0.3, 0.4) is 0 Å². The number of alkyl halides is 3. The lowest BCUT2D eigenvalue weighted by molar-refractivity contribution is -0.137. The maximum atomic E-state index is 13.0. The van der Waals surface area contributed by atoms with E-state index in [9.17, 15) is 23.1 Å². The minimum atomic E-state index is -4.72. The first kappa shape index (κ1) is 24.5. The number of nitrogens with one attached hydrogen (secondary N) is 1. The van der Waals surface area contributed by atoms with Gasteiger partial charge in [0, 0.05) is 16.3 Å². The van der Waals surface area contributed by atoms with Crippen molar-refractivity contribution in [1.29, 1.82) is 5.26 Å². The van der Waals surface area contributed by atoms with Gasteiger partial charge in [-0.25, -0.2) is 0 Å². The molecule has 0 aliphatic carbocycles. The van der Waals surface area contributed by atoms with Gasteiger partial charge in [0.15, 0.2) is 0 Å². The van der Waals surface area contributed by atoms with Crippen LogP contribution in [0.2, 0.25) is 0 Å². The van der Waals surface area contributed by atoms with Crippen LogP contribution in [0.1, 0.15) is 37.5 Å². The first-order chi connectivity index (χ1) is 13.7. The van der Waals surface area contributed by atoms with E-state index in [0.717, 1.165) is 17.4 Å². The average Bonchev–Trinajstić information content (AvgIpc) is 2.73. The largest absolute Gasteiger partial charge is 0.417 e. The fourth-order valence-corrected chi connectivity index (χ4v) is 3.08. The molecule has 8 heteroatoms. The zero-order valence-corrected chi connectivity index (χ0v) is 17.2. The van der Waals surface area contributed by atoms with Crippen LogP contribution in [0.4, 0.5) is 18.9 Å². The Kier molecular flexibility index (Phi) is 9.72. The van der Waals surface area contributed by atoms with Crippen molar-refractivity contribution in [2.75, 3.05) is 11.1 Å². The predicted octanol–water partition coefficient (Wildman–Crippen LogP) is 5.26. The Bertz CT molecular complexity index is 846. The molecule has 2 N–H and O–H groups in total. The second kappa shape index (κ2) is 11.5. The lowest BCUT2D eigenvalue weighted by atomic mass is 10.1. The molecule has 0 saturated carbocycles. The molecule has 29 heavy (non-hydrogen) atoms. The number of amides is 1. The molecule has 1 atom stereocenters. The number of nitrogens with zero attached hydrogens (tertiary/aromatic N) is 1. The van der Waals surface area contributed by atoms with Crippen LogP contribution in [0.15, 0.2) is 47.4 Å². The fourth-order valence-electron chi connectivity index (χ4n) is 2.25. The number of hydrogen-bond acceptors (Lipinski definition) is 4. The highest BCUT2D eigenvalue weighted by atomic mass is 32.2. The van der Waals surface area contributed by atoms with E-state index in [0.29, 0.717) is 6.07 Å². The predicted molar refractivity (Wildman–Crippen MR) is 109 cm³/mol. The summed E-state index contributed by atoms with van der Waals surface area (Å²) >= 11 is 1.27. The highest BCUT2D eigenvalue weighted by Crippen LogP contribution is 2.33. The summed E-state index contributed by atoms with van der Waals surface area (Å²) in [6.45, 7) is 6.03. The molecule has 0 spiro atoms. The second-order valence-corrected chi connectivity index (χ2v) is 6.78. The second-order valence-electron chi connectivity index (χ2n) is 5.68. The van der Waals surface area contributed by atoms with Crippen molar-refractivity contribution in [3.63, 3.8) is 0 Å². The van der Waals surface area contributed by atoms with E-state index in [2.05, 4.69) is 5.32 Å². The smallest absolute Gasteiger partial charge is 0.382 e. The summed E-state index contributed by atoms with van der Waals surface area (Å²) in [4.78, 5) is 12.9. The van der Waals surface area contributed by atoms with E-state index in [1.54, 1.807) is 0 Å². The fraction of sp³-hybridized carbons (Fsp3) is 0.333. The Balaban J connectivity index is 0.00000204. The lowest BCUT2D eigenvalue weighted by Gasteiger charge is -2.14. The van der Waals surface area contributed by atoms with Crippen LogP contribution in [-0.2, 0) is 17.4 Å². The summed E-state index contributed by atoms with van der Waals surface area (Å²) in [5.41, 5.74) is -0.642. The summed E-state index contributed by atoms with van der Waals surface area (Å²) in [5.74, 6) is -0.759. The molecule has 0 saturated heterocycles. The molecule has 2 aromatic rings. The molecule has 0 radical (unpaired) electrons. The van der Waals surface area contributed by atoms with E-state index >= 15 is 0 Å². The van der Waals surface area contributed by atoms with E-state index < -0.39 is 29.3 Å². The van der Waals surface area contributed by atoms with Crippen LogP contribution in [0, 0.1) is 11.3 Å². The van der Waals surface area contributed by atoms with Gasteiger partial charge in [0.1, 0.15) is 6.10 Å². The molecule has 1 unspecified atom stereocenters. The van der Waals surface area contributed by atoms with E-state index in [4.69, 9.17) is 5.26 Å². The average molecular weight is 424 g/mol. The lowest BCUT2D eigenvalue weighted by Crippen LogP contribution is -2.29. The molecule has 1 amide bonds. The van der Waals surface area contributed by atoms with Crippen LogP contribution in [-0.4, -0.2) is 22.9 Å². The van der Waals surface area contributed by atoms with Gasteiger partial charge in [0.05, 0.1) is 17.2 Å². The SMILES string of the molecule is CC.CCc1ccc(SCC(O)C(=O)Nc2ccc(C#N)c(C(F)(F)F)c2)cc1. The highest BCUT2D eigenvalue weighted by Gasteiger charge is 2.34. The summed E-state index contributed by atoms with van der Waals surface area (Å²) in [7, 11) is 0. The van der Waals surface area contributed by atoms with Crippen LogP contribution in [0.5, 0.6) is 0 Å².